The molecule has 28 heavy (non-hydrogen) atoms. The molecule has 0 amide bonds. The monoisotopic (exact) mass is 408 g/mol. The van der Waals surface area contributed by atoms with E-state index in [4.69, 9.17) is 12.2 Å². The summed E-state index contributed by atoms with van der Waals surface area (Å²) in [6.07, 6.45) is 2.86. The number of hydrogen-bond donors (Lipinski definition) is 2. The molecule has 0 radical (unpaired) electrons. The summed E-state index contributed by atoms with van der Waals surface area (Å²) in [5.41, 5.74) is 3.50. The summed E-state index contributed by atoms with van der Waals surface area (Å²) < 4.78 is 0. The Morgan fingerprint density at radius 2 is 1.96 bits per heavy atom. The molecule has 2 aromatic heterocycles. The first kappa shape index (κ1) is 18.9. The Kier molecular flexibility index (Phi) is 5.88. The molecule has 1 fully saturated rings. The molecule has 0 aliphatic carbocycles. The second kappa shape index (κ2) is 8.71. The molecule has 4 nitrogen and oxygen atoms in total. The molecule has 2 N–H and O–H groups in total. The zero-order valence-electron chi connectivity index (χ0n) is 15.8. The zero-order valence-corrected chi connectivity index (χ0v) is 17.5. The van der Waals surface area contributed by atoms with E-state index in [1.54, 1.807) is 11.3 Å². The van der Waals surface area contributed by atoms with Crippen molar-refractivity contribution in [3.05, 3.63) is 82.3 Å². The molecule has 2 unspecified atom stereocenters. The van der Waals surface area contributed by atoms with Gasteiger partial charge in [-0.05, 0) is 66.8 Å². The highest BCUT2D eigenvalue weighted by molar-refractivity contribution is 7.80. The highest BCUT2D eigenvalue weighted by atomic mass is 32.1. The topological polar surface area (TPSA) is 40.2 Å². The largest absolute Gasteiger partial charge is 0.385 e. The fourth-order valence-corrected chi connectivity index (χ4v) is 5.06. The van der Waals surface area contributed by atoms with Crippen LogP contribution < -0.4 is 10.6 Å². The van der Waals surface area contributed by atoms with Gasteiger partial charge in [0.05, 0.1) is 17.8 Å². The van der Waals surface area contributed by atoms with E-state index < -0.39 is 0 Å². The van der Waals surface area contributed by atoms with Crippen LogP contribution in [0, 0.1) is 6.92 Å². The summed E-state index contributed by atoms with van der Waals surface area (Å²) in [4.78, 5) is 8.29. The van der Waals surface area contributed by atoms with Crippen LogP contribution in [-0.4, -0.2) is 28.1 Å². The molecule has 0 saturated carbocycles. The first-order valence-corrected chi connectivity index (χ1v) is 10.8. The fraction of sp³-hybridized carbons (Fsp3) is 0.273. The van der Waals surface area contributed by atoms with E-state index in [-0.39, 0.29) is 12.1 Å². The number of aromatic nitrogens is 1. The van der Waals surface area contributed by atoms with Gasteiger partial charge in [0.2, 0.25) is 0 Å². The molecule has 0 spiro atoms. The molecule has 1 saturated heterocycles. The Morgan fingerprint density at radius 3 is 2.68 bits per heavy atom. The van der Waals surface area contributed by atoms with Crippen molar-refractivity contribution in [2.24, 2.45) is 0 Å². The average Bonchev–Trinajstić information content (AvgIpc) is 3.29. The van der Waals surface area contributed by atoms with Crippen molar-refractivity contribution < 1.29 is 0 Å². The third-order valence-corrected chi connectivity index (χ3v) is 6.49. The van der Waals surface area contributed by atoms with Crippen LogP contribution in [0.3, 0.4) is 0 Å². The summed E-state index contributed by atoms with van der Waals surface area (Å²) in [5, 5.41) is 9.99. The molecular formula is C22H24N4S2. The van der Waals surface area contributed by atoms with E-state index in [9.17, 15) is 0 Å². The minimum atomic E-state index is 0.0770. The fourth-order valence-electron chi connectivity index (χ4n) is 3.66. The molecule has 3 heterocycles. The lowest BCUT2D eigenvalue weighted by atomic mass is 10.0. The van der Waals surface area contributed by atoms with Crippen LogP contribution in [0.1, 0.15) is 34.6 Å². The maximum absolute atomic E-state index is 5.73. The normalized spacial score (nSPS) is 18.9. The molecule has 6 heteroatoms. The van der Waals surface area contributed by atoms with Crippen LogP contribution >= 0.6 is 23.6 Å². The summed E-state index contributed by atoms with van der Waals surface area (Å²) in [7, 11) is 0. The standard InChI is InChI=1S/C22H24N4S2/c1-16-11-15-28-21(16)20-19(18-10-5-6-12-24-18)25-22(27)26(20)14-7-13-23-17-8-3-2-4-9-17/h2-6,8-12,15,19-20,23H,7,13-14H2,1H3,(H,25,27). The van der Waals surface area contributed by atoms with Gasteiger partial charge in [-0.2, -0.15) is 0 Å². The average molecular weight is 409 g/mol. The van der Waals surface area contributed by atoms with Gasteiger partial charge in [0.25, 0.3) is 0 Å². The Balaban J connectivity index is 1.50. The van der Waals surface area contributed by atoms with Gasteiger partial charge in [-0.1, -0.05) is 24.3 Å². The number of nitrogens with one attached hydrogen (secondary N) is 2. The van der Waals surface area contributed by atoms with Crippen LogP contribution in [0.15, 0.2) is 66.2 Å². The quantitative estimate of drug-likeness (QED) is 0.429. The van der Waals surface area contributed by atoms with Gasteiger partial charge in [0, 0.05) is 29.9 Å². The third kappa shape index (κ3) is 4.03. The lowest BCUT2D eigenvalue weighted by molar-refractivity contribution is 0.320. The van der Waals surface area contributed by atoms with E-state index in [1.165, 1.54) is 10.4 Å². The molecule has 1 aliphatic rings. The predicted octanol–water partition coefficient (Wildman–Crippen LogP) is 4.93. The van der Waals surface area contributed by atoms with Gasteiger partial charge < -0.3 is 15.5 Å². The maximum atomic E-state index is 5.73. The van der Waals surface area contributed by atoms with E-state index in [0.717, 1.165) is 36.0 Å². The SMILES string of the molecule is Cc1ccsc1C1C(c2ccccn2)NC(=S)N1CCCNc1ccccc1. The number of thiocarbonyl (C=S) groups is 1. The lowest BCUT2D eigenvalue weighted by Crippen LogP contribution is -2.31. The van der Waals surface area contributed by atoms with Gasteiger partial charge in [-0.3, -0.25) is 4.98 Å². The maximum Gasteiger partial charge on any atom is 0.170 e. The van der Waals surface area contributed by atoms with Gasteiger partial charge in [0.1, 0.15) is 0 Å². The van der Waals surface area contributed by atoms with Crippen molar-refractivity contribution in [2.45, 2.75) is 25.4 Å². The summed E-state index contributed by atoms with van der Waals surface area (Å²) >= 11 is 7.53. The number of rotatable bonds is 7. The number of anilines is 1. The van der Waals surface area contributed by atoms with Crippen LogP contribution in [0.2, 0.25) is 0 Å². The van der Waals surface area contributed by atoms with Gasteiger partial charge in [-0.25, -0.2) is 0 Å². The van der Waals surface area contributed by atoms with E-state index >= 15 is 0 Å². The molecule has 2 atom stereocenters. The van der Waals surface area contributed by atoms with E-state index in [1.807, 2.05) is 24.4 Å². The second-order valence-corrected chi connectivity index (χ2v) is 8.27. The molecule has 1 aliphatic heterocycles. The van der Waals surface area contributed by atoms with Crippen molar-refractivity contribution in [1.29, 1.82) is 0 Å². The first-order valence-electron chi connectivity index (χ1n) is 9.55. The number of benzene rings is 1. The number of nitrogens with zero attached hydrogens (tertiary/aromatic N) is 2. The van der Waals surface area contributed by atoms with Crippen molar-refractivity contribution in [3.8, 4) is 0 Å². The van der Waals surface area contributed by atoms with Crippen molar-refractivity contribution in [3.63, 3.8) is 0 Å². The summed E-state index contributed by atoms with van der Waals surface area (Å²) in [6, 6.07) is 18.8. The number of para-hydroxylation sites is 1. The Hall–Kier alpha value is -2.44. The molecule has 3 aromatic rings. The predicted molar refractivity (Wildman–Crippen MR) is 121 cm³/mol. The lowest BCUT2D eigenvalue weighted by Gasteiger charge is -2.27. The minimum absolute atomic E-state index is 0.0770. The molecular weight excluding hydrogens is 384 g/mol. The first-order chi connectivity index (χ1) is 13.7. The number of hydrogen-bond acceptors (Lipinski definition) is 4. The summed E-state index contributed by atoms with van der Waals surface area (Å²) in [6.45, 7) is 3.99. The highest BCUT2D eigenvalue weighted by Crippen LogP contribution is 2.41. The van der Waals surface area contributed by atoms with E-state index in [2.05, 4.69) is 69.2 Å². The van der Waals surface area contributed by atoms with Crippen LogP contribution in [0.4, 0.5) is 5.69 Å². The van der Waals surface area contributed by atoms with Crippen molar-refractivity contribution in [2.75, 3.05) is 18.4 Å². The smallest absolute Gasteiger partial charge is 0.170 e. The van der Waals surface area contributed by atoms with Crippen LogP contribution in [0.5, 0.6) is 0 Å². The Labute approximate surface area is 175 Å². The molecule has 1 aromatic carbocycles. The molecule has 144 valence electrons. The van der Waals surface area contributed by atoms with Gasteiger partial charge in [0.15, 0.2) is 5.11 Å². The molecule has 0 bridgehead atoms. The van der Waals surface area contributed by atoms with Gasteiger partial charge >= 0.3 is 0 Å². The highest BCUT2D eigenvalue weighted by Gasteiger charge is 2.40. The number of aryl methyl sites for hydroxylation is 1. The molecule has 4 rings (SSSR count). The van der Waals surface area contributed by atoms with Crippen LogP contribution in [0.25, 0.3) is 0 Å². The minimum Gasteiger partial charge on any atom is -0.385 e. The second-order valence-electron chi connectivity index (χ2n) is 6.93. The number of thiophene rings is 1. The van der Waals surface area contributed by atoms with Crippen molar-refractivity contribution >= 4 is 34.4 Å². The Morgan fingerprint density at radius 1 is 1.14 bits per heavy atom. The Bertz CT molecular complexity index is 911. The van der Waals surface area contributed by atoms with E-state index in [0.29, 0.717) is 0 Å². The number of pyridine rings is 1. The van der Waals surface area contributed by atoms with Crippen LogP contribution in [-0.2, 0) is 0 Å². The third-order valence-electron chi connectivity index (χ3n) is 5.05. The zero-order chi connectivity index (χ0) is 19.3. The van der Waals surface area contributed by atoms with Crippen molar-refractivity contribution in [1.82, 2.24) is 15.2 Å². The summed E-state index contributed by atoms with van der Waals surface area (Å²) in [5.74, 6) is 0. The van der Waals surface area contributed by atoms with Gasteiger partial charge in [-0.15, -0.1) is 11.3 Å².